The van der Waals surface area contributed by atoms with Gasteiger partial charge in [-0.3, -0.25) is 0 Å². The largest absolute Gasteiger partial charge is 0.369 e. The van der Waals surface area contributed by atoms with Crippen LogP contribution in [0.4, 0.5) is 5.82 Å². The molecule has 1 aliphatic rings. The molecule has 2 aromatic rings. The van der Waals surface area contributed by atoms with Crippen LogP contribution in [0.2, 0.25) is 0 Å². The number of piperidine rings is 1. The van der Waals surface area contributed by atoms with E-state index in [0.29, 0.717) is 0 Å². The Kier molecular flexibility index (Phi) is 4.17. The molecule has 0 amide bonds. The number of hydrogen-bond donors (Lipinski definition) is 1. The van der Waals surface area contributed by atoms with Crippen molar-refractivity contribution in [2.75, 3.05) is 31.5 Å². The van der Waals surface area contributed by atoms with Crippen LogP contribution in [0.1, 0.15) is 25.3 Å². The fraction of sp³-hybridized carbons (Fsp3) is 0.600. The molecule has 0 unspecified atom stereocenters. The smallest absolute Gasteiger partial charge is 0.147 e. The molecule has 1 N–H and O–H groups in total. The summed E-state index contributed by atoms with van der Waals surface area (Å²) in [4.78, 5) is 11.3. The zero-order chi connectivity index (χ0) is 13.9. The van der Waals surface area contributed by atoms with Crippen molar-refractivity contribution in [2.24, 2.45) is 5.92 Å². The van der Waals surface area contributed by atoms with Crippen molar-refractivity contribution >= 4 is 27.4 Å². The van der Waals surface area contributed by atoms with Crippen LogP contribution in [0.25, 0.3) is 10.2 Å². The molecule has 4 nitrogen and oxygen atoms in total. The van der Waals surface area contributed by atoms with Crippen LogP contribution in [-0.2, 0) is 0 Å². The van der Waals surface area contributed by atoms with Crippen molar-refractivity contribution in [2.45, 2.75) is 26.7 Å². The van der Waals surface area contributed by atoms with Gasteiger partial charge in [0.2, 0.25) is 0 Å². The van der Waals surface area contributed by atoms with E-state index in [1.807, 2.05) is 0 Å². The minimum atomic E-state index is 0.767. The Balaban J connectivity index is 1.63. The van der Waals surface area contributed by atoms with Crippen molar-refractivity contribution in [1.29, 1.82) is 0 Å². The summed E-state index contributed by atoms with van der Waals surface area (Å²) in [5, 5.41) is 5.70. The molecule has 2 aromatic heterocycles. The average Bonchev–Trinajstić information content (AvgIpc) is 2.88. The number of aryl methyl sites for hydroxylation is 1. The second-order valence-electron chi connectivity index (χ2n) is 5.58. The Morgan fingerprint density at radius 1 is 1.35 bits per heavy atom. The molecule has 5 heteroatoms. The highest BCUT2D eigenvalue weighted by atomic mass is 32.1. The maximum Gasteiger partial charge on any atom is 0.147 e. The maximum absolute atomic E-state index is 4.41. The zero-order valence-electron chi connectivity index (χ0n) is 12.2. The van der Waals surface area contributed by atoms with E-state index in [4.69, 9.17) is 0 Å². The molecule has 1 saturated heterocycles. The molecule has 1 fully saturated rings. The Labute approximate surface area is 124 Å². The summed E-state index contributed by atoms with van der Waals surface area (Å²) < 4.78 is 1.19. The summed E-state index contributed by atoms with van der Waals surface area (Å²) in [6, 6.07) is 0. The Morgan fingerprint density at radius 3 is 2.90 bits per heavy atom. The van der Waals surface area contributed by atoms with Crippen molar-refractivity contribution in [3.63, 3.8) is 0 Å². The normalized spacial score (nSPS) is 17.7. The molecule has 3 rings (SSSR count). The van der Waals surface area contributed by atoms with Crippen LogP contribution >= 0.6 is 11.3 Å². The van der Waals surface area contributed by atoms with Gasteiger partial charge < -0.3 is 10.2 Å². The van der Waals surface area contributed by atoms with E-state index < -0.39 is 0 Å². The minimum Gasteiger partial charge on any atom is -0.369 e. The summed E-state index contributed by atoms with van der Waals surface area (Å²) in [6.07, 6.45) is 4.25. The Morgan fingerprint density at radius 2 is 2.15 bits per heavy atom. The number of hydrogen-bond acceptors (Lipinski definition) is 5. The highest BCUT2D eigenvalue weighted by molar-refractivity contribution is 7.18. The molecular formula is C15H22N4S. The number of fused-ring (bicyclic) bond motifs is 1. The third kappa shape index (κ3) is 2.79. The molecule has 0 aromatic carbocycles. The first-order valence-corrected chi connectivity index (χ1v) is 8.31. The summed E-state index contributed by atoms with van der Waals surface area (Å²) in [6.45, 7) is 9.04. The number of nitrogens with zero attached hydrogens (tertiary/aromatic N) is 3. The topological polar surface area (TPSA) is 41.0 Å². The van der Waals surface area contributed by atoms with E-state index in [1.54, 1.807) is 17.7 Å². The van der Waals surface area contributed by atoms with Crippen LogP contribution in [0, 0.1) is 12.8 Å². The first-order valence-electron chi connectivity index (χ1n) is 7.43. The number of rotatable bonds is 4. The van der Waals surface area contributed by atoms with Gasteiger partial charge in [-0.05, 0) is 56.3 Å². The van der Waals surface area contributed by atoms with Crippen LogP contribution in [-0.4, -0.2) is 41.0 Å². The monoisotopic (exact) mass is 290 g/mol. The molecule has 0 radical (unpaired) electrons. The van der Waals surface area contributed by atoms with Gasteiger partial charge >= 0.3 is 0 Å². The maximum atomic E-state index is 4.41. The highest BCUT2D eigenvalue weighted by Crippen LogP contribution is 2.29. The lowest BCUT2D eigenvalue weighted by atomic mass is 9.97. The summed E-state index contributed by atoms with van der Waals surface area (Å²) >= 11 is 1.74. The predicted octanol–water partition coefficient (Wildman–Crippen LogP) is 3.14. The van der Waals surface area contributed by atoms with E-state index in [-0.39, 0.29) is 0 Å². The van der Waals surface area contributed by atoms with Crippen LogP contribution in [0.15, 0.2) is 11.7 Å². The predicted molar refractivity (Wildman–Crippen MR) is 85.5 cm³/mol. The van der Waals surface area contributed by atoms with Gasteiger partial charge in [-0.2, -0.15) is 0 Å². The fourth-order valence-electron chi connectivity index (χ4n) is 2.84. The van der Waals surface area contributed by atoms with E-state index in [9.17, 15) is 0 Å². The number of aromatic nitrogens is 2. The van der Waals surface area contributed by atoms with Crippen LogP contribution in [0.5, 0.6) is 0 Å². The van der Waals surface area contributed by atoms with Gasteiger partial charge in [-0.1, -0.05) is 6.92 Å². The van der Waals surface area contributed by atoms with Crippen LogP contribution < -0.4 is 5.32 Å². The average molecular weight is 290 g/mol. The van der Waals surface area contributed by atoms with E-state index in [0.717, 1.165) is 23.8 Å². The molecule has 0 atom stereocenters. The van der Waals surface area contributed by atoms with Gasteiger partial charge in [0.05, 0.1) is 10.2 Å². The lowest BCUT2D eigenvalue weighted by molar-refractivity contribution is 0.198. The third-order valence-corrected chi connectivity index (χ3v) is 5.34. The summed E-state index contributed by atoms with van der Waals surface area (Å²) in [5.41, 5.74) is 2.33. The van der Waals surface area contributed by atoms with Gasteiger partial charge in [-0.25, -0.2) is 9.97 Å². The molecule has 1 aliphatic heterocycles. The Hall–Kier alpha value is -1.20. The highest BCUT2D eigenvalue weighted by Gasteiger charge is 2.18. The molecule has 0 aliphatic carbocycles. The van der Waals surface area contributed by atoms with Crippen LogP contribution in [0.3, 0.4) is 0 Å². The summed E-state index contributed by atoms with van der Waals surface area (Å²) in [7, 11) is 0. The van der Waals surface area contributed by atoms with Gasteiger partial charge in [0.1, 0.15) is 12.1 Å². The van der Waals surface area contributed by atoms with Crippen molar-refractivity contribution < 1.29 is 0 Å². The Bertz CT molecular complexity index is 572. The first kappa shape index (κ1) is 13.8. The second kappa shape index (κ2) is 6.06. The second-order valence-corrected chi connectivity index (χ2v) is 6.46. The molecule has 0 saturated carbocycles. The van der Waals surface area contributed by atoms with E-state index >= 15 is 0 Å². The number of likely N-dealkylation sites (tertiary alicyclic amines) is 1. The standard InChI is InChI=1S/C15H22N4S/c1-3-19-6-4-12(5-7-19)8-16-15-14-13(17-10-18-15)11(2)9-20-14/h9-10,12H,3-8H2,1-2H3,(H,16,17,18). The van der Waals surface area contributed by atoms with Crippen molar-refractivity contribution in [3.05, 3.63) is 17.3 Å². The SMILES string of the molecule is CCN1CCC(CNc2ncnc3c(C)csc23)CC1. The van der Waals surface area contributed by atoms with Gasteiger partial charge in [-0.15, -0.1) is 11.3 Å². The molecule has 3 heterocycles. The molecule has 0 spiro atoms. The van der Waals surface area contributed by atoms with E-state index in [2.05, 4.69) is 39.4 Å². The van der Waals surface area contributed by atoms with Gasteiger partial charge in [0.25, 0.3) is 0 Å². The lowest BCUT2D eigenvalue weighted by Gasteiger charge is -2.31. The van der Waals surface area contributed by atoms with Crippen molar-refractivity contribution in [1.82, 2.24) is 14.9 Å². The number of thiophene rings is 1. The van der Waals surface area contributed by atoms with E-state index in [1.165, 1.54) is 42.7 Å². The summed E-state index contributed by atoms with van der Waals surface area (Å²) in [5.74, 6) is 1.77. The molecule has 0 bridgehead atoms. The minimum absolute atomic E-state index is 0.767. The lowest BCUT2D eigenvalue weighted by Crippen LogP contribution is -2.35. The number of anilines is 1. The quantitative estimate of drug-likeness (QED) is 0.939. The zero-order valence-corrected chi connectivity index (χ0v) is 13.0. The molecule has 20 heavy (non-hydrogen) atoms. The van der Waals surface area contributed by atoms with Crippen molar-refractivity contribution in [3.8, 4) is 0 Å². The molecular weight excluding hydrogens is 268 g/mol. The first-order chi connectivity index (χ1) is 9.78. The fourth-order valence-corrected chi connectivity index (χ4v) is 3.81. The third-order valence-electron chi connectivity index (χ3n) is 4.24. The van der Waals surface area contributed by atoms with Gasteiger partial charge in [0.15, 0.2) is 0 Å². The molecule has 108 valence electrons. The number of nitrogens with one attached hydrogen (secondary N) is 1. The van der Waals surface area contributed by atoms with Gasteiger partial charge in [0, 0.05) is 6.54 Å².